The van der Waals surface area contributed by atoms with E-state index in [1.54, 1.807) is 55.5 Å². The molecule has 8 nitrogen and oxygen atoms in total. The summed E-state index contributed by atoms with van der Waals surface area (Å²) in [7, 11) is -4.18. The van der Waals surface area contributed by atoms with Crippen LogP contribution in [-0.2, 0) is 26.2 Å². The predicted molar refractivity (Wildman–Crippen MR) is 162 cm³/mol. The molecule has 3 rings (SSSR count). The lowest BCUT2D eigenvalue weighted by molar-refractivity contribution is -0.140. The number of hydrogen-bond acceptors (Lipinski definition) is 5. The van der Waals surface area contributed by atoms with Gasteiger partial charge in [-0.2, -0.15) is 0 Å². The molecule has 0 spiro atoms. The van der Waals surface area contributed by atoms with Crippen LogP contribution in [0.5, 0.6) is 5.75 Å². The zero-order chi connectivity index (χ0) is 30.7. The summed E-state index contributed by atoms with van der Waals surface area (Å²) in [6.45, 7) is 7.86. The van der Waals surface area contributed by atoms with Gasteiger partial charge in [0.05, 0.1) is 17.2 Å². The number of hydrogen-bond donors (Lipinski definition) is 1. The van der Waals surface area contributed by atoms with E-state index in [1.165, 1.54) is 29.2 Å². The number of nitrogens with zero attached hydrogens (tertiary/aromatic N) is 2. The lowest BCUT2D eigenvalue weighted by atomic mass is 10.1. The molecule has 0 aromatic heterocycles. The van der Waals surface area contributed by atoms with E-state index < -0.39 is 34.3 Å². The van der Waals surface area contributed by atoms with Crippen molar-refractivity contribution in [2.75, 3.05) is 24.0 Å². The third-order valence-electron chi connectivity index (χ3n) is 6.81. The second kappa shape index (κ2) is 15.3. The standard InChI is InChI=1S/C32H40FN3O5S/c1-5-8-21-34-32(38)30(6-2)35(22-25-11-13-26(33)14-12-25)31(37)23-36(27-15-17-28(18-16-27)41-7-3)42(39,40)29-19-9-24(4)10-20-29/h9-20,30H,5-8,21-23H2,1-4H3,(H,34,38)/t30-/m1/s1. The van der Waals surface area contributed by atoms with E-state index in [4.69, 9.17) is 4.74 Å². The van der Waals surface area contributed by atoms with E-state index in [-0.39, 0.29) is 23.0 Å². The van der Waals surface area contributed by atoms with E-state index in [2.05, 4.69) is 5.32 Å². The summed E-state index contributed by atoms with van der Waals surface area (Å²) in [4.78, 5) is 28.7. The van der Waals surface area contributed by atoms with Crippen LogP contribution in [0.4, 0.5) is 10.1 Å². The molecule has 3 aromatic rings. The molecule has 0 bridgehead atoms. The fourth-order valence-electron chi connectivity index (χ4n) is 4.45. The number of carbonyl (C=O) groups is 2. The average molecular weight is 598 g/mol. The predicted octanol–water partition coefficient (Wildman–Crippen LogP) is 5.45. The maximum atomic E-state index is 14.1. The number of nitrogens with one attached hydrogen (secondary N) is 1. The van der Waals surface area contributed by atoms with Gasteiger partial charge in [-0.25, -0.2) is 12.8 Å². The molecule has 0 unspecified atom stereocenters. The number of ether oxygens (including phenoxy) is 1. The molecule has 2 amide bonds. The van der Waals surface area contributed by atoms with E-state index in [0.717, 1.165) is 22.7 Å². The first-order valence-corrected chi connectivity index (χ1v) is 15.7. The van der Waals surface area contributed by atoms with Crippen molar-refractivity contribution >= 4 is 27.5 Å². The molecule has 0 aliphatic heterocycles. The van der Waals surface area contributed by atoms with Gasteiger partial charge in [0.15, 0.2) is 0 Å². The quantitative estimate of drug-likeness (QED) is 0.235. The second-order valence-electron chi connectivity index (χ2n) is 9.97. The monoisotopic (exact) mass is 597 g/mol. The molecular weight excluding hydrogens is 557 g/mol. The van der Waals surface area contributed by atoms with Gasteiger partial charge in [-0.1, -0.05) is 50.1 Å². The van der Waals surface area contributed by atoms with Gasteiger partial charge in [-0.3, -0.25) is 13.9 Å². The van der Waals surface area contributed by atoms with E-state index in [0.29, 0.717) is 30.9 Å². The molecule has 226 valence electrons. The van der Waals surface area contributed by atoms with Crippen molar-refractivity contribution in [3.63, 3.8) is 0 Å². The Labute approximate surface area is 248 Å². The molecule has 0 fully saturated rings. The summed E-state index contributed by atoms with van der Waals surface area (Å²) in [6, 6.07) is 17.7. The minimum absolute atomic E-state index is 0.000511. The molecule has 0 saturated carbocycles. The van der Waals surface area contributed by atoms with E-state index >= 15 is 0 Å². The number of halogens is 1. The van der Waals surface area contributed by atoms with Gasteiger partial charge in [0, 0.05) is 13.1 Å². The Balaban J connectivity index is 2.03. The molecule has 0 aliphatic carbocycles. The molecule has 42 heavy (non-hydrogen) atoms. The Hall–Kier alpha value is -3.92. The van der Waals surface area contributed by atoms with Crippen molar-refractivity contribution in [1.29, 1.82) is 0 Å². The third-order valence-corrected chi connectivity index (χ3v) is 8.59. The van der Waals surface area contributed by atoms with Gasteiger partial charge in [0.1, 0.15) is 24.2 Å². The summed E-state index contributed by atoms with van der Waals surface area (Å²) in [5.41, 5.74) is 1.77. The number of sulfonamides is 1. The van der Waals surface area contributed by atoms with Crippen molar-refractivity contribution < 1.29 is 27.1 Å². The van der Waals surface area contributed by atoms with Gasteiger partial charge < -0.3 is 15.0 Å². The Morgan fingerprint density at radius 2 is 1.57 bits per heavy atom. The highest BCUT2D eigenvalue weighted by Crippen LogP contribution is 2.27. The van der Waals surface area contributed by atoms with Crippen molar-refractivity contribution in [1.82, 2.24) is 10.2 Å². The van der Waals surface area contributed by atoms with Gasteiger partial charge in [-0.15, -0.1) is 0 Å². The van der Waals surface area contributed by atoms with Crippen LogP contribution >= 0.6 is 0 Å². The Bertz CT molecular complexity index is 1410. The van der Waals surface area contributed by atoms with Crippen molar-refractivity contribution in [3.8, 4) is 5.75 Å². The molecule has 0 aliphatic rings. The Morgan fingerprint density at radius 1 is 0.929 bits per heavy atom. The topological polar surface area (TPSA) is 96.0 Å². The lowest BCUT2D eigenvalue weighted by Crippen LogP contribution is -2.52. The second-order valence-corrected chi connectivity index (χ2v) is 11.8. The van der Waals surface area contributed by atoms with Crippen LogP contribution in [0.25, 0.3) is 0 Å². The molecule has 0 saturated heterocycles. The summed E-state index contributed by atoms with van der Waals surface area (Å²) in [6.07, 6.45) is 1.98. The van der Waals surface area contributed by atoms with Crippen LogP contribution in [0.2, 0.25) is 0 Å². The summed E-state index contributed by atoms with van der Waals surface area (Å²) >= 11 is 0. The summed E-state index contributed by atoms with van der Waals surface area (Å²) in [5, 5.41) is 2.89. The normalized spacial score (nSPS) is 11.9. The minimum Gasteiger partial charge on any atom is -0.494 e. The smallest absolute Gasteiger partial charge is 0.264 e. The number of benzene rings is 3. The summed E-state index contributed by atoms with van der Waals surface area (Å²) in [5.74, 6) is -0.753. The highest BCUT2D eigenvalue weighted by Gasteiger charge is 2.33. The van der Waals surface area contributed by atoms with Gasteiger partial charge >= 0.3 is 0 Å². The fourth-order valence-corrected chi connectivity index (χ4v) is 5.87. The van der Waals surface area contributed by atoms with Crippen LogP contribution in [0.1, 0.15) is 51.2 Å². The highest BCUT2D eigenvalue weighted by atomic mass is 32.2. The molecule has 1 atom stereocenters. The summed E-state index contributed by atoms with van der Waals surface area (Å²) < 4.78 is 48.1. The number of aryl methyl sites for hydroxylation is 1. The molecule has 0 heterocycles. The number of carbonyl (C=O) groups excluding carboxylic acids is 2. The maximum Gasteiger partial charge on any atom is 0.264 e. The highest BCUT2D eigenvalue weighted by molar-refractivity contribution is 7.92. The number of anilines is 1. The van der Waals surface area contributed by atoms with Crippen LogP contribution in [0.15, 0.2) is 77.7 Å². The Morgan fingerprint density at radius 3 is 2.14 bits per heavy atom. The molecule has 0 radical (unpaired) electrons. The zero-order valence-corrected chi connectivity index (χ0v) is 25.5. The molecule has 3 aromatic carbocycles. The first-order chi connectivity index (χ1) is 20.1. The number of amides is 2. The molecular formula is C32H40FN3O5S. The van der Waals surface area contributed by atoms with Crippen LogP contribution in [-0.4, -0.2) is 50.9 Å². The maximum absolute atomic E-state index is 14.1. The molecule has 10 heteroatoms. The third kappa shape index (κ3) is 8.55. The van der Waals surface area contributed by atoms with E-state index in [1.807, 2.05) is 20.8 Å². The van der Waals surface area contributed by atoms with Crippen LogP contribution in [0.3, 0.4) is 0 Å². The van der Waals surface area contributed by atoms with Crippen molar-refractivity contribution in [2.24, 2.45) is 0 Å². The van der Waals surface area contributed by atoms with Gasteiger partial charge in [0.2, 0.25) is 11.8 Å². The van der Waals surface area contributed by atoms with Crippen LogP contribution in [0, 0.1) is 12.7 Å². The van der Waals surface area contributed by atoms with E-state index in [9.17, 15) is 22.4 Å². The van der Waals surface area contributed by atoms with Crippen LogP contribution < -0.4 is 14.4 Å². The Kier molecular flexibility index (Phi) is 11.9. The number of rotatable bonds is 15. The molecule has 1 N–H and O–H groups in total. The fraction of sp³-hybridized carbons (Fsp3) is 0.375. The SMILES string of the molecule is CCCCNC(=O)[C@@H](CC)N(Cc1ccc(F)cc1)C(=O)CN(c1ccc(OCC)cc1)S(=O)(=O)c1ccc(C)cc1. The largest absolute Gasteiger partial charge is 0.494 e. The number of unbranched alkanes of at least 4 members (excludes halogenated alkanes) is 1. The average Bonchev–Trinajstić information content (AvgIpc) is 2.97. The first-order valence-electron chi connectivity index (χ1n) is 14.2. The van der Waals surface area contributed by atoms with Crippen molar-refractivity contribution in [3.05, 3.63) is 89.7 Å². The van der Waals surface area contributed by atoms with Crippen molar-refractivity contribution in [2.45, 2.75) is 64.4 Å². The van der Waals surface area contributed by atoms with Gasteiger partial charge in [-0.05, 0) is 80.8 Å². The first kappa shape index (κ1) is 32.6. The van der Waals surface area contributed by atoms with Gasteiger partial charge in [0.25, 0.3) is 10.0 Å². The zero-order valence-electron chi connectivity index (χ0n) is 24.7. The lowest BCUT2D eigenvalue weighted by Gasteiger charge is -2.33. The minimum atomic E-state index is -4.18.